The maximum absolute atomic E-state index is 8.89. The van der Waals surface area contributed by atoms with E-state index in [1.165, 1.54) is 5.56 Å². The molecule has 16 heavy (non-hydrogen) atoms. The van der Waals surface area contributed by atoms with E-state index < -0.39 is 0 Å². The quantitative estimate of drug-likeness (QED) is 0.898. The minimum absolute atomic E-state index is 0.215. The largest absolute Gasteiger partial charge is 0.496 e. The van der Waals surface area contributed by atoms with Gasteiger partial charge in [0.05, 0.1) is 7.11 Å². The fourth-order valence-electron chi connectivity index (χ4n) is 1.81. The molecule has 0 amide bonds. The van der Waals surface area contributed by atoms with E-state index in [-0.39, 0.29) is 6.61 Å². The molecule has 0 saturated carbocycles. The van der Waals surface area contributed by atoms with Gasteiger partial charge in [0, 0.05) is 11.1 Å². The van der Waals surface area contributed by atoms with Crippen molar-refractivity contribution in [2.24, 2.45) is 0 Å². The van der Waals surface area contributed by atoms with Crippen molar-refractivity contribution in [1.29, 1.82) is 0 Å². The van der Waals surface area contributed by atoms with Crippen LogP contribution in [-0.4, -0.2) is 18.8 Å². The first-order valence-electron chi connectivity index (χ1n) is 5.57. The molecule has 0 fully saturated rings. The standard InChI is InChI=1S/C13H19BrO2/c1-9(2)12-8-11(14)7-10(5-4-6-15)13(12)16-3/h7-9,15H,4-6H2,1-3H3. The molecule has 0 unspecified atom stereocenters. The topological polar surface area (TPSA) is 29.5 Å². The van der Waals surface area contributed by atoms with Crippen molar-refractivity contribution < 1.29 is 9.84 Å². The first kappa shape index (κ1) is 13.5. The normalized spacial score (nSPS) is 10.9. The molecule has 0 heterocycles. The Morgan fingerprint density at radius 1 is 1.38 bits per heavy atom. The third-order valence-electron chi connectivity index (χ3n) is 2.59. The predicted molar refractivity (Wildman–Crippen MR) is 70.2 cm³/mol. The fourth-order valence-corrected chi connectivity index (χ4v) is 2.33. The number of aliphatic hydroxyl groups is 1. The van der Waals surface area contributed by atoms with Gasteiger partial charge in [0.1, 0.15) is 5.75 Å². The molecule has 0 aliphatic carbocycles. The molecule has 0 aromatic heterocycles. The molecule has 1 rings (SSSR count). The van der Waals surface area contributed by atoms with E-state index >= 15 is 0 Å². The van der Waals surface area contributed by atoms with Gasteiger partial charge in [-0.05, 0) is 42.0 Å². The summed E-state index contributed by atoms with van der Waals surface area (Å²) in [5.74, 6) is 1.40. The molecule has 0 spiro atoms. The lowest BCUT2D eigenvalue weighted by Gasteiger charge is -2.16. The minimum atomic E-state index is 0.215. The van der Waals surface area contributed by atoms with Crippen LogP contribution in [0.15, 0.2) is 16.6 Å². The first-order chi connectivity index (χ1) is 7.60. The number of rotatable bonds is 5. The van der Waals surface area contributed by atoms with Crippen LogP contribution in [0.5, 0.6) is 5.75 Å². The van der Waals surface area contributed by atoms with Gasteiger partial charge in [-0.25, -0.2) is 0 Å². The molecule has 1 aromatic carbocycles. The van der Waals surface area contributed by atoms with Crippen molar-refractivity contribution in [3.63, 3.8) is 0 Å². The van der Waals surface area contributed by atoms with E-state index in [1.807, 2.05) is 0 Å². The summed E-state index contributed by atoms with van der Waals surface area (Å²) in [4.78, 5) is 0. The summed E-state index contributed by atoms with van der Waals surface area (Å²) in [5, 5.41) is 8.89. The molecule has 90 valence electrons. The van der Waals surface area contributed by atoms with Crippen molar-refractivity contribution in [2.75, 3.05) is 13.7 Å². The van der Waals surface area contributed by atoms with E-state index in [9.17, 15) is 0 Å². The van der Waals surface area contributed by atoms with Gasteiger partial charge in [-0.1, -0.05) is 29.8 Å². The number of benzene rings is 1. The molecule has 3 heteroatoms. The molecule has 0 aliphatic rings. The number of methoxy groups -OCH3 is 1. The Bertz CT molecular complexity index is 348. The van der Waals surface area contributed by atoms with Crippen LogP contribution in [0.4, 0.5) is 0 Å². The van der Waals surface area contributed by atoms with E-state index in [2.05, 4.69) is 41.9 Å². The highest BCUT2D eigenvalue weighted by Gasteiger charge is 2.13. The van der Waals surface area contributed by atoms with Gasteiger partial charge < -0.3 is 9.84 Å². The molecule has 0 bridgehead atoms. The van der Waals surface area contributed by atoms with E-state index in [0.29, 0.717) is 5.92 Å². The Morgan fingerprint density at radius 2 is 2.06 bits per heavy atom. The van der Waals surface area contributed by atoms with Crippen molar-refractivity contribution in [3.8, 4) is 5.75 Å². The molecule has 0 radical (unpaired) electrons. The number of ether oxygens (including phenoxy) is 1. The smallest absolute Gasteiger partial charge is 0.125 e. The summed E-state index contributed by atoms with van der Waals surface area (Å²) in [6.45, 7) is 4.52. The number of aryl methyl sites for hydroxylation is 1. The van der Waals surface area contributed by atoms with Crippen molar-refractivity contribution in [3.05, 3.63) is 27.7 Å². The highest BCUT2D eigenvalue weighted by Crippen LogP contribution is 2.34. The summed E-state index contributed by atoms with van der Waals surface area (Å²) >= 11 is 3.52. The van der Waals surface area contributed by atoms with E-state index in [4.69, 9.17) is 9.84 Å². The molecular weight excluding hydrogens is 268 g/mol. The highest BCUT2D eigenvalue weighted by atomic mass is 79.9. The Balaban J connectivity index is 3.14. The second-order valence-electron chi connectivity index (χ2n) is 4.17. The van der Waals surface area contributed by atoms with Crippen LogP contribution in [0.3, 0.4) is 0 Å². The van der Waals surface area contributed by atoms with Crippen LogP contribution in [0.25, 0.3) is 0 Å². The van der Waals surface area contributed by atoms with Gasteiger partial charge in [0.15, 0.2) is 0 Å². The fraction of sp³-hybridized carbons (Fsp3) is 0.538. The number of hydrogen-bond acceptors (Lipinski definition) is 2. The van der Waals surface area contributed by atoms with Crippen molar-refractivity contribution in [1.82, 2.24) is 0 Å². The average molecular weight is 287 g/mol. The third kappa shape index (κ3) is 3.22. The maximum Gasteiger partial charge on any atom is 0.125 e. The Hall–Kier alpha value is -0.540. The summed E-state index contributed by atoms with van der Waals surface area (Å²) in [6, 6.07) is 4.17. The van der Waals surface area contributed by atoms with Crippen LogP contribution in [0, 0.1) is 0 Å². The molecule has 0 saturated heterocycles. The zero-order valence-electron chi connectivity index (χ0n) is 10.1. The average Bonchev–Trinajstić information content (AvgIpc) is 2.25. The van der Waals surface area contributed by atoms with Gasteiger partial charge in [0.2, 0.25) is 0 Å². The minimum Gasteiger partial charge on any atom is -0.496 e. The summed E-state index contributed by atoms with van der Waals surface area (Å²) < 4.78 is 6.56. The van der Waals surface area contributed by atoms with Gasteiger partial charge >= 0.3 is 0 Å². The summed E-state index contributed by atoms with van der Waals surface area (Å²) in [5.41, 5.74) is 2.37. The highest BCUT2D eigenvalue weighted by molar-refractivity contribution is 9.10. The zero-order chi connectivity index (χ0) is 12.1. The monoisotopic (exact) mass is 286 g/mol. The Morgan fingerprint density at radius 3 is 2.56 bits per heavy atom. The Labute approximate surface area is 106 Å². The number of halogens is 1. The number of hydrogen-bond donors (Lipinski definition) is 1. The van der Waals surface area contributed by atoms with Crippen LogP contribution in [-0.2, 0) is 6.42 Å². The molecule has 1 N–H and O–H groups in total. The Kier molecular flexibility index (Phi) is 5.29. The second-order valence-corrected chi connectivity index (χ2v) is 5.08. The second kappa shape index (κ2) is 6.26. The summed E-state index contributed by atoms with van der Waals surface area (Å²) in [7, 11) is 1.71. The maximum atomic E-state index is 8.89. The third-order valence-corrected chi connectivity index (χ3v) is 3.05. The molecule has 0 atom stereocenters. The van der Waals surface area contributed by atoms with Crippen molar-refractivity contribution in [2.45, 2.75) is 32.6 Å². The van der Waals surface area contributed by atoms with Gasteiger partial charge in [-0.3, -0.25) is 0 Å². The lowest BCUT2D eigenvalue weighted by molar-refractivity contribution is 0.287. The first-order valence-corrected chi connectivity index (χ1v) is 6.36. The van der Waals surface area contributed by atoms with Gasteiger partial charge in [-0.2, -0.15) is 0 Å². The van der Waals surface area contributed by atoms with Gasteiger partial charge in [-0.15, -0.1) is 0 Å². The molecular formula is C13H19BrO2. The molecule has 2 nitrogen and oxygen atoms in total. The zero-order valence-corrected chi connectivity index (χ0v) is 11.7. The molecule has 1 aromatic rings. The van der Waals surface area contributed by atoms with E-state index in [0.717, 1.165) is 28.6 Å². The van der Waals surface area contributed by atoms with Crippen LogP contribution in [0.2, 0.25) is 0 Å². The van der Waals surface area contributed by atoms with Crippen LogP contribution < -0.4 is 4.74 Å². The van der Waals surface area contributed by atoms with Crippen LogP contribution >= 0.6 is 15.9 Å². The lowest BCUT2D eigenvalue weighted by Crippen LogP contribution is -2.00. The van der Waals surface area contributed by atoms with Crippen molar-refractivity contribution >= 4 is 15.9 Å². The SMILES string of the molecule is COc1c(CCCO)cc(Br)cc1C(C)C. The summed E-state index contributed by atoms with van der Waals surface area (Å²) in [6.07, 6.45) is 1.61. The molecule has 0 aliphatic heterocycles. The van der Waals surface area contributed by atoms with E-state index in [1.54, 1.807) is 7.11 Å². The number of aliphatic hydroxyl groups excluding tert-OH is 1. The predicted octanol–water partition coefficient (Wildman–Crippen LogP) is 3.51. The lowest BCUT2D eigenvalue weighted by atomic mass is 9.97. The van der Waals surface area contributed by atoms with Crippen LogP contribution in [0.1, 0.15) is 37.3 Å². The van der Waals surface area contributed by atoms with Gasteiger partial charge in [0.25, 0.3) is 0 Å².